The molecule has 0 N–H and O–H groups in total. The van der Waals surface area contributed by atoms with Crippen LogP contribution in [0.1, 0.15) is 0 Å². The first-order chi connectivity index (χ1) is 32.2. The lowest BCUT2D eigenvalue weighted by atomic mass is 9.96. The number of fused-ring (bicyclic) bond motifs is 13. The Morgan fingerprint density at radius 2 is 0.862 bits per heavy atom. The van der Waals surface area contributed by atoms with E-state index in [0.717, 1.165) is 111 Å². The highest BCUT2D eigenvalue weighted by Gasteiger charge is 2.23. The largest absolute Gasteiger partial charge is 0.454 e. The smallest absolute Gasteiger partial charge is 0.179 e. The quantitative estimate of drug-likeness (QED) is 0.167. The third-order valence-corrected chi connectivity index (χ3v) is 13.2. The van der Waals surface area contributed by atoms with Crippen LogP contribution in [0.15, 0.2) is 232 Å². The average molecular weight is 833 g/mol. The Bertz CT molecular complexity index is 4170. The summed E-state index contributed by atoms with van der Waals surface area (Å²) in [4.78, 5) is 2.31. The van der Waals surface area contributed by atoms with Gasteiger partial charge < -0.3 is 22.7 Å². The van der Waals surface area contributed by atoms with Crippen molar-refractivity contribution in [1.29, 1.82) is 0 Å². The number of para-hydroxylation sites is 6. The number of benzene rings is 10. The Balaban J connectivity index is 0.925. The zero-order chi connectivity index (χ0) is 42.6. The molecule has 10 aromatic carbocycles. The van der Waals surface area contributed by atoms with Crippen molar-refractivity contribution in [3.63, 3.8) is 0 Å². The first-order valence-corrected chi connectivity index (χ1v) is 22.0. The third kappa shape index (κ3) is 5.39. The molecule has 0 bridgehead atoms. The van der Waals surface area contributed by atoms with Gasteiger partial charge in [-0.25, -0.2) is 0 Å². The zero-order valence-corrected chi connectivity index (χ0v) is 34.9. The maximum Gasteiger partial charge on any atom is 0.179 e. The fraction of sp³-hybridized carbons (Fsp3) is 0. The summed E-state index contributed by atoms with van der Waals surface area (Å²) in [5, 5.41) is 8.85. The molecule has 14 aromatic rings. The van der Waals surface area contributed by atoms with Gasteiger partial charge in [0, 0.05) is 60.2 Å². The van der Waals surface area contributed by atoms with Crippen molar-refractivity contribution in [2.75, 3.05) is 4.90 Å². The molecule has 0 amide bonds. The van der Waals surface area contributed by atoms with E-state index in [9.17, 15) is 0 Å². The van der Waals surface area contributed by atoms with Gasteiger partial charge in [0.1, 0.15) is 16.7 Å². The molecule has 0 fully saturated rings. The van der Waals surface area contributed by atoms with Crippen LogP contribution in [0.5, 0.6) is 0 Å². The maximum absolute atomic E-state index is 6.69. The van der Waals surface area contributed by atoms with Gasteiger partial charge in [-0.3, -0.25) is 0 Å². The van der Waals surface area contributed by atoms with Crippen molar-refractivity contribution in [3.05, 3.63) is 218 Å². The van der Waals surface area contributed by atoms with Crippen LogP contribution in [0.3, 0.4) is 0 Å². The molecular formula is C60H36N2O3. The Hall–Kier alpha value is -8.80. The minimum absolute atomic E-state index is 0.762. The molecule has 304 valence electrons. The van der Waals surface area contributed by atoms with Crippen molar-refractivity contribution in [3.8, 4) is 27.9 Å². The van der Waals surface area contributed by atoms with E-state index >= 15 is 0 Å². The topological polar surface area (TPSA) is 47.6 Å². The minimum atomic E-state index is 0.762. The number of hydrogen-bond acceptors (Lipinski definition) is 4. The average Bonchev–Trinajstić information content (AvgIpc) is 4.14. The first-order valence-electron chi connectivity index (χ1n) is 22.0. The van der Waals surface area contributed by atoms with Gasteiger partial charge in [0.15, 0.2) is 16.7 Å². The molecule has 0 aliphatic heterocycles. The Morgan fingerprint density at radius 3 is 1.60 bits per heavy atom. The van der Waals surface area contributed by atoms with Gasteiger partial charge in [-0.05, 0) is 101 Å². The minimum Gasteiger partial charge on any atom is -0.454 e. The van der Waals surface area contributed by atoms with Crippen molar-refractivity contribution < 1.29 is 13.3 Å². The summed E-state index contributed by atoms with van der Waals surface area (Å²) in [6.45, 7) is 0. The molecule has 0 unspecified atom stereocenters. The van der Waals surface area contributed by atoms with E-state index in [1.807, 2.05) is 36.4 Å². The summed E-state index contributed by atoms with van der Waals surface area (Å²) in [5.74, 6) is 0. The Kier molecular flexibility index (Phi) is 7.62. The molecule has 0 saturated carbocycles. The molecule has 5 nitrogen and oxygen atoms in total. The first kappa shape index (κ1) is 35.8. The van der Waals surface area contributed by atoms with Gasteiger partial charge in [0.2, 0.25) is 0 Å². The Labute approximate surface area is 372 Å². The number of nitrogens with zero attached hydrogens (tertiary/aromatic N) is 2. The zero-order valence-electron chi connectivity index (χ0n) is 34.9. The van der Waals surface area contributed by atoms with Gasteiger partial charge in [-0.1, -0.05) is 140 Å². The molecule has 0 spiro atoms. The van der Waals surface area contributed by atoms with Crippen LogP contribution in [-0.2, 0) is 0 Å². The van der Waals surface area contributed by atoms with E-state index in [-0.39, 0.29) is 0 Å². The lowest BCUT2D eigenvalue weighted by Crippen LogP contribution is -2.10. The number of hydrogen-bond donors (Lipinski definition) is 0. The number of rotatable bonds is 6. The van der Waals surface area contributed by atoms with Gasteiger partial charge in [-0.2, -0.15) is 0 Å². The highest BCUT2D eigenvalue weighted by Crippen LogP contribution is 2.47. The fourth-order valence-corrected chi connectivity index (χ4v) is 10.2. The van der Waals surface area contributed by atoms with Crippen LogP contribution in [-0.4, -0.2) is 4.57 Å². The summed E-state index contributed by atoms with van der Waals surface area (Å²) < 4.78 is 22.1. The predicted octanol–water partition coefficient (Wildman–Crippen LogP) is 17.3. The van der Waals surface area contributed by atoms with E-state index in [1.165, 1.54) is 21.8 Å². The fourth-order valence-electron chi connectivity index (χ4n) is 10.2. The highest BCUT2D eigenvalue weighted by molar-refractivity contribution is 6.24. The molecule has 0 radical (unpaired) electrons. The summed E-state index contributed by atoms with van der Waals surface area (Å²) in [6.07, 6.45) is 0. The summed E-state index contributed by atoms with van der Waals surface area (Å²) in [6, 6.07) is 77.3. The molecule has 14 rings (SSSR count). The van der Waals surface area contributed by atoms with Crippen LogP contribution in [0.25, 0.3) is 116 Å². The highest BCUT2D eigenvalue weighted by atomic mass is 16.4. The standard InChI is InChI=1S/C60H36N2O3/c1-2-13-40(14-3-1)62-51-20-8-4-15-43(51)44-34-29-39(35-53(44)62)37-25-30-41(31-26-37)61(52-21-12-19-47-45-16-5-9-22-54(45)63-58(47)52)42-32-27-38(28-33-42)49-36-50-46-17-6-10-23-55(46)64-59(50)60-57(49)48-18-7-11-24-56(48)65-60/h1-36H. The maximum atomic E-state index is 6.69. The van der Waals surface area contributed by atoms with Crippen molar-refractivity contribution in [1.82, 2.24) is 4.57 Å². The van der Waals surface area contributed by atoms with Crippen molar-refractivity contribution in [2.45, 2.75) is 0 Å². The number of anilines is 3. The molecule has 65 heavy (non-hydrogen) atoms. The second-order valence-corrected chi connectivity index (χ2v) is 16.8. The lowest BCUT2D eigenvalue weighted by molar-refractivity contribution is 0.633. The van der Waals surface area contributed by atoms with Crippen LogP contribution >= 0.6 is 0 Å². The monoisotopic (exact) mass is 832 g/mol. The normalized spacial score (nSPS) is 12.0. The number of aromatic nitrogens is 1. The third-order valence-electron chi connectivity index (χ3n) is 13.2. The van der Waals surface area contributed by atoms with Crippen LogP contribution < -0.4 is 4.90 Å². The van der Waals surface area contributed by atoms with Gasteiger partial charge in [0.25, 0.3) is 0 Å². The predicted molar refractivity (Wildman–Crippen MR) is 268 cm³/mol. The van der Waals surface area contributed by atoms with Crippen LogP contribution in [0, 0.1) is 0 Å². The molecule has 0 aliphatic carbocycles. The molecule has 4 aromatic heterocycles. The van der Waals surface area contributed by atoms with Gasteiger partial charge in [-0.15, -0.1) is 0 Å². The molecule has 0 saturated heterocycles. The summed E-state index contributed by atoms with van der Waals surface area (Å²) >= 11 is 0. The van der Waals surface area contributed by atoms with Gasteiger partial charge in [0.05, 0.1) is 16.7 Å². The molecule has 5 heteroatoms. The van der Waals surface area contributed by atoms with E-state index in [4.69, 9.17) is 13.3 Å². The Morgan fingerprint density at radius 1 is 0.323 bits per heavy atom. The van der Waals surface area contributed by atoms with Crippen LogP contribution in [0.2, 0.25) is 0 Å². The summed E-state index contributed by atoms with van der Waals surface area (Å²) in [5.41, 5.74) is 15.9. The van der Waals surface area contributed by atoms with Gasteiger partial charge >= 0.3 is 0 Å². The molecule has 0 atom stereocenters. The molecule has 0 aliphatic rings. The molecular weight excluding hydrogens is 797 g/mol. The van der Waals surface area contributed by atoms with E-state index in [1.54, 1.807) is 0 Å². The SMILES string of the molecule is c1ccc(-n2c3ccccc3c3ccc(-c4ccc(N(c5ccc(-c6cc7c8ccccc8oc7c7oc8ccccc8c67)cc5)c5cccc6c5oc5ccccc56)cc4)cc32)cc1. The van der Waals surface area contributed by atoms with Crippen molar-refractivity contribution in [2.24, 2.45) is 0 Å². The second-order valence-electron chi connectivity index (χ2n) is 16.8. The van der Waals surface area contributed by atoms with E-state index in [2.05, 4.69) is 191 Å². The van der Waals surface area contributed by atoms with E-state index in [0.29, 0.717) is 0 Å². The van der Waals surface area contributed by atoms with Crippen LogP contribution in [0.4, 0.5) is 17.1 Å². The lowest BCUT2D eigenvalue weighted by Gasteiger charge is -2.26. The number of furan rings is 3. The summed E-state index contributed by atoms with van der Waals surface area (Å²) in [7, 11) is 0. The molecule has 4 heterocycles. The second kappa shape index (κ2) is 13.9. The van der Waals surface area contributed by atoms with Crippen molar-refractivity contribution >= 4 is 105 Å². The van der Waals surface area contributed by atoms with E-state index < -0.39 is 0 Å².